The van der Waals surface area contributed by atoms with E-state index in [1.807, 2.05) is 36.4 Å². The van der Waals surface area contributed by atoms with E-state index < -0.39 is 30.0 Å². The smallest absolute Gasteiger partial charge is 0.295 e. The van der Waals surface area contributed by atoms with Gasteiger partial charge in [-0.3, -0.25) is 14.0 Å². The number of aliphatic hydroxyl groups is 5. The van der Waals surface area contributed by atoms with Gasteiger partial charge in [0, 0.05) is 69.6 Å². The lowest BCUT2D eigenvalue weighted by Gasteiger charge is -2.18. The van der Waals surface area contributed by atoms with Crippen LogP contribution < -0.4 is 31.1 Å². The average Bonchev–Trinajstić information content (AvgIpc) is 3.32. The molecule has 0 fully saturated rings. The third kappa shape index (κ3) is 16.6. The molecule has 6 rings (SSSR count). The summed E-state index contributed by atoms with van der Waals surface area (Å²) in [6.45, 7) is 1.82. The summed E-state index contributed by atoms with van der Waals surface area (Å²) in [5.41, 5.74) is 1.63. The van der Waals surface area contributed by atoms with Gasteiger partial charge in [-0.1, -0.05) is 60.7 Å². The highest BCUT2D eigenvalue weighted by Crippen LogP contribution is 2.29. The van der Waals surface area contributed by atoms with Crippen molar-refractivity contribution in [2.24, 2.45) is 0 Å². The largest absolute Gasteiger partial charge is 0.395 e. The maximum absolute atomic E-state index is 12.6. The Bertz CT molecular complexity index is 2670. The molecule has 0 spiro atoms. The molecule has 0 aliphatic rings. The standard InChI is InChI=1S/C38H40N12O8S2.C6H15NO3/c1-49(19-21-51)37-45-33(39-27-9-5-3-6-10-27)43-35(47-37)41-29-17-15-25(31(23-29)59(53,54)55)13-14-26-16-18-30(24-32(26)60(56,57)58)42-36-44-34(40-28-11-7-4-8-12-28)46-38(48-36)50(2)20-22-52;8-4-1-7(2-5-9)3-6-10/h3-18,23-24,51-52H,19-22H2,1-2H3,(H,53,54,55)(H,56,57,58)(H2,39,41,43,45,47)(H2,40,42,44,46,48);8-10H,1-6H2/b14-13+;. The number of aromatic nitrogens is 6. The first kappa shape index (κ1) is 54.0. The average molecular weight is 1010 g/mol. The van der Waals surface area contributed by atoms with Gasteiger partial charge >= 0.3 is 0 Å². The quantitative estimate of drug-likeness (QED) is 0.0307. The van der Waals surface area contributed by atoms with Gasteiger partial charge in [0.2, 0.25) is 35.7 Å². The van der Waals surface area contributed by atoms with E-state index >= 15 is 0 Å². The van der Waals surface area contributed by atoms with Gasteiger partial charge in [-0.25, -0.2) is 0 Å². The molecule has 0 bridgehead atoms. The Kier molecular flexibility index (Phi) is 20.1. The van der Waals surface area contributed by atoms with Crippen molar-refractivity contribution in [3.63, 3.8) is 0 Å². The minimum absolute atomic E-state index is 0.00791. The monoisotopic (exact) mass is 1010 g/mol. The first-order valence-electron chi connectivity index (χ1n) is 21.3. The third-order valence-corrected chi connectivity index (χ3v) is 11.5. The highest BCUT2D eigenvalue weighted by atomic mass is 32.2. The van der Waals surface area contributed by atoms with Gasteiger partial charge in [0.1, 0.15) is 9.79 Å². The zero-order valence-electron chi connectivity index (χ0n) is 38.1. The van der Waals surface area contributed by atoms with Crippen LogP contribution in [-0.2, 0) is 20.2 Å². The molecule has 0 atom stereocenters. The Hall–Kier alpha value is -6.98. The summed E-state index contributed by atoms with van der Waals surface area (Å²) in [6.07, 6.45) is 2.51. The van der Waals surface area contributed by atoms with Crippen LogP contribution in [0.5, 0.6) is 0 Å². The van der Waals surface area contributed by atoms with Crippen molar-refractivity contribution in [3.8, 4) is 0 Å². The fourth-order valence-corrected chi connectivity index (χ4v) is 7.66. The van der Waals surface area contributed by atoms with E-state index in [1.165, 1.54) is 36.4 Å². The minimum atomic E-state index is -4.86. The van der Waals surface area contributed by atoms with Crippen LogP contribution in [0.4, 0.5) is 58.4 Å². The van der Waals surface area contributed by atoms with Crippen LogP contribution in [0.2, 0.25) is 0 Å². The van der Waals surface area contributed by atoms with E-state index in [-0.39, 0.29) is 104 Å². The second-order valence-electron chi connectivity index (χ2n) is 14.9. The number of para-hydroxylation sites is 2. The SMILES string of the molecule is CN(CCO)c1nc(Nc2ccccc2)nc(Nc2ccc(/C=C/c3ccc(Nc4nc(Nc5ccccc5)nc(N(C)CCO)n4)cc3S(=O)(=O)O)c(S(=O)(=O)O)c2)n1.OCCN(CCO)CCO. The molecule has 26 heteroatoms. The molecule has 0 aliphatic heterocycles. The Balaban J connectivity index is 0.000000820. The predicted molar refractivity (Wildman–Crippen MR) is 266 cm³/mol. The molecule has 0 saturated carbocycles. The first-order chi connectivity index (χ1) is 33.5. The second kappa shape index (κ2) is 26.1. The van der Waals surface area contributed by atoms with Gasteiger partial charge in [0.15, 0.2) is 0 Å². The summed E-state index contributed by atoms with van der Waals surface area (Å²) >= 11 is 0. The maximum Gasteiger partial charge on any atom is 0.295 e. The van der Waals surface area contributed by atoms with Crippen LogP contribution >= 0.6 is 0 Å². The van der Waals surface area contributed by atoms with Crippen molar-refractivity contribution < 1.29 is 51.5 Å². The molecule has 4 aromatic carbocycles. The molecule has 0 radical (unpaired) electrons. The fraction of sp³-hybridized carbons (Fsp3) is 0.273. The number of hydrogen-bond acceptors (Lipinski definition) is 22. The summed E-state index contributed by atoms with van der Waals surface area (Å²) in [5.74, 6) is 0.704. The molecule has 70 heavy (non-hydrogen) atoms. The second-order valence-corrected chi connectivity index (χ2v) is 17.7. The zero-order valence-corrected chi connectivity index (χ0v) is 39.7. The molecule has 0 aliphatic carbocycles. The zero-order chi connectivity index (χ0) is 50.7. The molecule has 0 amide bonds. The maximum atomic E-state index is 12.6. The fourth-order valence-electron chi connectivity index (χ4n) is 6.24. The van der Waals surface area contributed by atoms with E-state index in [0.29, 0.717) is 31.0 Å². The summed E-state index contributed by atoms with van der Waals surface area (Å²) in [6, 6.07) is 26.1. The Labute approximate surface area is 404 Å². The number of anilines is 10. The van der Waals surface area contributed by atoms with Crippen molar-refractivity contribution in [2.75, 3.05) is 111 Å². The topological polar surface area (TPSA) is 345 Å². The number of rotatable bonds is 24. The normalized spacial score (nSPS) is 11.5. The molecule has 2 aromatic heterocycles. The minimum Gasteiger partial charge on any atom is -0.395 e. The van der Waals surface area contributed by atoms with E-state index in [4.69, 9.17) is 15.3 Å². The molecule has 24 nitrogen and oxygen atoms in total. The molecule has 0 saturated heterocycles. The van der Waals surface area contributed by atoms with Gasteiger partial charge in [-0.15, -0.1) is 0 Å². The van der Waals surface area contributed by atoms with Crippen molar-refractivity contribution in [3.05, 3.63) is 108 Å². The number of benzene rings is 4. The van der Waals surface area contributed by atoms with Crippen LogP contribution in [0.1, 0.15) is 11.1 Å². The summed E-state index contributed by atoms with van der Waals surface area (Å²) < 4.78 is 71.1. The number of likely N-dealkylation sites (N-methyl/N-ethyl adjacent to an activating group) is 2. The molecule has 2 heterocycles. The Morgan fingerprint density at radius 2 is 0.757 bits per heavy atom. The number of nitrogens with zero attached hydrogens (tertiary/aromatic N) is 9. The Morgan fingerprint density at radius 1 is 0.443 bits per heavy atom. The van der Waals surface area contributed by atoms with Crippen molar-refractivity contribution in [2.45, 2.75) is 9.79 Å². The highest BCUT2D eigenvalue weighted by Gasteiger charge is 2.20. The first-order valence-corrected chi connectivity index (χ1v) is 24.2. The van der Waals surface area contributed by atoms with Gasteiger partial charge in [0.05, 0.1) is 33.0 Å². The molecule has 11 N–H and O–H groups in total. The molecule has 374 valence electrons. The summed E-state index contributed by atoms with van der Waals surface area (Å²) in [5, 5.41) is 56.4. The van der Waals surface area contributed by atoms with E-state index in [0.717, 1.165) is 12.1 Å². The van der Waals surface area contributed by atoms with Gasteiger partial charge in [-0.05, 0) is 59.7 Å². The van der Waals surface area contributed by atoms with Crippen LogP contribution in [0, 0.1) is 0 Å². The Morgan fingerprint density at radius 3 is 1.06 bits per heavy atom. The van der Waals surface area contributed by atoms with E-state index in [9.17, 15) is 36.2 Å². The molecule has 6 aromatic rings. The lowest BCUT2D eigenvalue weighted by molar-refractivity contribution is 0.136. The van der Waals surface area contributed by atoms with E-state index in [1.54, 1.807) is 53.1 Å². The number of nitrogens with one attached hydrogen (secondary N) is 4. The van der Waals surface area contributed by atoms with Crippen molar-refractivity contribution in [1.82, 2.24) is 34.8 Å². The molecular weight excluding hydrogens is 951 g/mol. The van der Waals surface area contributed by atoms with Gasteiger partial charge < -0.3 is 56.6 Å². The van der Waals surface area contributed by atoms with Crippen molar-refractivity contribution in [1.29, 1.82) is 0 Å². The molecular formula is C44H55N13O11S2. The number of aliphatic hydroxyl groups excluding tert-OH is 5. The van der Waals surface area contributed by atoms with Crippen LogP contribution in [-0.4, -0.2) is 166 Å². The highest BCUT2D eigenvalue weighted by molar-refractivity contribution is 7.86. The third-order valence-electron chi connectivity index (χ3n) is 9.65. The van der Waals surface area contributed by atoms with E-state index in [2.05, 4.69) is 51.2 Å². The van der Waals surface area contributed by atoms with Crippen LogP contribution in [0.3, 0.4) is 0 Å². The summed E-state index contributed by atoms with van der Waals surface area (Å²) in [4.78, 5) is 30.3. The summed E-state index contributed by atoms with van der Waals surface area (Å²) in [7, 11) is -6.38. The predicted octanol–water partition coefficient (Wildman–Crippen LogP) is 2.82. The van der Waals surface area contributed by atoms with Gasteiger partial charge in [-0.2, -0.15) is 46.7 Å². The lowest BCUT2D eigenvalue weighted by Crippen LogP contribution is -2.32. The number of hydrogen-bond donors (Lipinski definition) is 11. The van der Waals surface area contributed by atoms with Crippen LogP contribution in [0.15, 0.2) is 107 Å². The molecule has 0 unspecified atom stereocenters. The van der Waals surface area contributed by atoms with Gasteiger partial charge in [0.25, 0.3) is 20.2 Å². The lowest BCUT2D eigenvalue weighted by atomic mass is 10.1. The van der Waals surface area contributed by atoms with Crippen molar-refractivity contribution >= 4 is 90.8 Å². The van der Waals surface area contributed by atoms with Crippen LogP contribution in [0.25, 0.3) is 12.2 Å².